The summed E-state index contributed by atoms with van der Waals surface area (Å²) in [6.07, 6.45) is 3.37. The first kappa shape index (κ1) is 20.9. The Morgan fingerprint density at radius 1 is 1.22 bits per heavy atom. The van der Waals surface area contributed by atoms with Crippen LogP contribution in [0, 0.1) is 5.82 Å². The maximum atomic E-state index is 14.3. The van der Waals surface area contributed by atoms with E-state index in [2.05, 4.69) is 10.6 Å². The molecule has 0 radical (unpaired) electrons. The molecule has 0 aromatic heterocycles. The molecule has 2 amide bonds. The van der Waals surface area contributed by atoms with Crippen molar-refractivity contribution in [2.45, 2.75) is 57.4 Å². The summed E-state index contributed by atoms with van der Waals surface area (Å²) in [7, 11) is 0. The lowest BCUT2D eigenvalue weighted by atomic mass is 9.78. The van der Waals surface area contributed by atoms with Crippen LogP contribution in [0.1, 0.15) is 51.5 Å². The number of carbonyl (C=O) groups excluding carboxylic acids is 3. The smallest absolute Gasteiger partial charge is 0.317 e. The monoisotopic (exact) mass is 378 g/mol. The van der Waals surface area contributed by atoms with Crippen LogP contribution in [0.25, 0.3) is 0 Å². The predicted octanol–water partition coefficient (Wildman–Crippen LogP) is 2.21. The largest absolute Gasteiger partial charge is 0.455 e. The highest BCUT2D eigenvalue weighted by Crippen LogP contribution is 2.43. The number of benzene rings is 1. The average molecular weight is 378 g/mol. The molecule has 2 N–H and O–H groups in total. The highest BCUT2D eigenvalue weighted by atomic mass is 19.1. The Bertz CT molecular complexity index is 686. The van der Waals surface area contributed by atoms with E-state index >= 15 is 0 Å². The molecule has 6 nitrogen and oxygen atoms in total. The first-order valence-corrected chi connectivity index (χ1v) is 9.40. The minimum atomic E-state index is -1.05. The van der Waals surface area contributed by atoms with Crippen LogP contribution in [0.15, 0.2) is 24.3 Å². The van der Waals surface area contributed by atoms with Gasteiger partial charge in [0.25, 0.3) is 5.91 Å². The second kappa shape index (κ2) is 9.48. The Hall–Kier alpha value is -2.44. The summed E-state index contributed by atoms with van der Waals surface area (Å²) in [5.74, 6) is -1.90. The molecule has 0 unspecified atom stereocenters. The van der Waals surface area contributed by atoms with Gasteiger partial charge in [0.2, 0.25) is 5.91 Å². The molecule has 0 heterocycles. The van der Waals surface area contributed by atoms with Crippen molar-refractivity contribution in [3.8, 4) is 0 Å². The van der Waals surface area contributed by atoms with Crippen LogP contribution in [0.5, 0.6) is 0 Å². The summed E-state index contributed by atoms with van der Waals surface area (Å²) in [4.78, 5) is 36.5. The van der Waals surface area contributed by atoms with E-state index in [-0.39, 0.29) is 5.91 Å². The number of amides is 2. The molecule has 2 rings (SSSR count). The fourth-order valence-corrected chi connectivity index (χ4v) is 3.43. The number of hydrogen-bond acceptors (Lipinski definition) is 4. The predicted molar refractivity (Wildman–Crippen MR) is 98.4 cm³/mol. The zero-order valence-electron chi connectivity index (χ0n) is 15.8. The van der Waals surface area contributed by atoms with Gasteiger partial charge in [0.15, 0.2) is 6.61 Å². The fraction of sp³-hybridized carbons (Fsp3) is 0.550. The number of esters is 1. The summed E-state index contributed by atoms with van der Waals surface area (Å²) in [6.45, 7) is 3.51. The Kier molecular flexibility index (Phi) is 7.33. The Balaban J connectivity index is 1.96. The van der Waals surface area contributed by atoms with Crippen molar-refractivity contribution in [1.29, 1.82) is 0 Å². The van der Waals surface area contributed by atoms with Gasteiger partial charge in [-0.3, -0.25) is 14.4 Å². The van der Waals surface area contributed by atoms with Crippen molar-refractivity contribution in [3.63, 3.8) is 0 Å². The van der Waals surface area contributed by atoms with Crippen LogP contribution < -0.4 is 10.6 Å². The molecular weight excluding hydrogens is 351 g/mol. The second-order valence-corrected chi connectivity index (χ2v) is 6.93. The molecular formula is C20H27FN2O4. The van der Waals surface area contributed by atoms with Crippen molar-refractivity contribution in [3.05, 3.63) is 35.6 Å². The number of ether oxygens (including phenoxy) is 1. The molecule has 27 heavy (non-hydrogen) atoms. The molecule has 0 aliphatic heterocycles. The molecule has 1 fully saturated rings. The molecule has 0 spiro atoms. The lowest BCUT2D eigenvalue weighted by Gasteiger charge is -2.27. The third-order valence-electron chi connectivity index (χ3n) is 4.89. The molecule has 0 saturated heterocycles. The van der Waals surface area contributed by atoms with E-state index in [1.807, 2.05) is 6.92 Å². The summed E-state index contributed by atoms with van der Waals surface area (Å²) in [6, 6.07) is 5.46. The van der Waals surface area contributed by atoms with Crippen molar-refractivity contribution in [2.75, 3.05) is 13.2 Å². The molecule has 1 aliphatic carbocycles. The molecule has 0 bridgehead atoms. The van der Waals surface area contributed by atoms with E-state index in [1.165, 1.54) is 6.07 Å². The molecule has 148 valence electrons. The Labute approximate surface area is 158 Å². The van der Waals surface area contributed by atoms with E-state index in [9.17, 15) is 18.8 Å². The van der Waals surface area contributed by atoms with Gasteiger partial charge in [-0.15, -0.1) is 0 Å². The zero-order valence-corrected chi connectivity index (χ0v) is 15.8. The topological polar surface area (TPSA) is 84.5 Å². The fourth-order valence-electron chi connectivity index (χ4n) is 3.43. The van der Waals surface area contributed by atoms with E-state index < -0.39 is 35.8 Å². The van der Waals surface area contributed by atoms with Crippen molar-refractivity contribution in [1.82, 2.24) is 10.6 Å². The Morgan fingerprint density at radius 3 is 2.52 bits per heavy atom. The molecule has 7 heteroatoms. The molecule has 1 aromatic rings. The second-order valence-electron chi connectivity index (χ2n) is 6.93. The van der Waals surface area contributed by atoms with Crippen LogP contribution in [0.2, 0.25) is 0 Å². The quantitative estimate of drug-likeness (QED) is 0.680. The number of rotatable bonds is 8. The van der Waals surface area contributed by atoms with Gasteiger partial charge in [-0.25, -0.2) is 4.39 Å². The SMILES string of the molecule is CCCNC(=O)[C@H](C)NC(=O)COC(=O)C1(c2ccccc2F)CCCC1. The van der Waals surface area contributed by atoms with Gasteiger partial charge in [-0.05, 0) is 32.3 Å². The highest BCUT2D eigenvalue weighted by Gasteiger charge is 2.46. The zero-order chi connectivity index (χ0) is 19.9. The van der Waals surface area contributed by atoms with Crippen LogP contribution in [-0.2, 0) is 24.5 Å². The van der Waals surface area contributed by atoms with E-state index in [1.54, 1.807) is 25.1 Å². The number of nitrogens with one attached hydrogen (secondary N) is 2. The molecule has 1 aromatic carbocycles. The Morgan fingerprint density at radius 2 is 1.89 bits per heavy atom. The normalized spacial score (nSPS) is 16.4. The van der Waals surface area contributed by atoms with Crippen LogP contribution in [-0.4, -0.2) is 37.0 Å². The summed E-state index contributed by atoms with van der Waals surface area (Å²) >= 11 is 0. The van der Waals surface area contributed by atoms with E-state index in [0.717, 1.165) is 19.3 Å². The van der Waals surface area contributed by atoms with E-state index in [4.69, 9.17) is 4.74 Å². The number of hydrogen-bond donors (Lipinski definition) is 2. The molecule has 1 saturated carbocycles. The van der Waals surface area contributed by atoms with Gasteiger partial charge in [-0.1, -0.05) is 38.0 Å². The maximum absolute atomic E-state index is 14.3. The summed E-state index contributed by atoms with van der Waals surface area (Å²) in [5, 5.41) is 5.17. The summed E-state index contributed by atoms with van der Waals surface area (Å²) < 4.78 is 19.5. The van der Waals surface area contributed by atoms with Gasteiger partial charge < -0.3 is 15.4 Å². The average Bonchev–Trinajstić information content (AvgIpc) is 3.15. The van der Waals surface area contributed by atoms with Crippen LogP contribution in [0.3, 0.4) is 0 Å². The lowest BCUT2D eigenvalue weighted by Crippen LogP contribution is -2.46. The van der Waals surface area contributed by atoms with Crippen LogP contribution in [0.4, 0.5) is 4.39 Å². The van der Waals surface area contributed by atoms with Crippen molar-refractivity contribution < 1.29 is 23.5 Å². The third kappa shape index (κ3) is 5.05. The number of carbonyl (C=O) groups is 3. The van der Waals surface area contributed by atoms with Gasteiger partial charge in [0.05, 0.1) is 5.41 Å². The van der Waals surface area contributed by atoms with Gasteiger partial charge in [0.1, 0.15) is 11.9 Å². The van der Waals surface area contributed by atoms with Crippen molar-refractivity contribution >= 4 is 17.8 Å². The highest BCUT2D eigenvalue weighted by molar-refractivity contribution is 5.90. The lowest BCUT2D eigenvalue weighted by molar-refractivity contribution is -0.154. The van der Waals surface area contributed by atoms with Gasteiger partial charge in [0, 0.05) is 12.1 Å². The molecule has 1 atom stereocenters. The minimum Gasteiger partial charge on any atom is -0.455 e. The maximum Gasteiger partial charge on any atom is 0.317 e. The standard InChI is InChI=1S/C20H27FN2O4/c1-3-12-22-18(25)14(2)23-17(24)13-27-19(26)20(10-6-7-11-20)15-8-4-5-9-16(15)21/h4-5,8-9,14H,3,6-7,10-13H2,1-2H3,(H,22,25)(H,23,24)/t14-/m0/s1. The number of halogens is 1. The van der Waals surface area contributed by atoms with E-state index in [0.29, 0.717) is 24.9 Å². The first-order chi connectivity index (χ1) is 12.9. The minimum absolute atomic E-state index is 0.296. The third-order valence-corrected chi connectivity index (χ3v) is 4.89. The van der Waals surface area contributed by atoms with Gasteiger partial charge in [-0.2, -0.15) is 0 Å². The van der Waals surface area contributed by atoms with Gasteiger partial charge >= 0.3 is 5.97 Å². The van der Waals surface area contributed by atoms with Crippen molar-refractivity contribution in [2.24, 2.45) is 0 Å². The first-order valence-electron chi connectivity index (χ1n) is 9.40. The summed E-state index contributed by atoms with van der Waals surface area (Å²) in [5.41, 5.74) is -0.726. The van der Waals surface area contributed by atoms with Crippen LogP contribution >= 0.6 is 0 Å². The molecule has 1 aliphatic rings.